The van der Waals surface area contributed by atoms with Crippen molar-refractivity contribution in [2.24, 2.45) is 0 Å². The highest BCUT2D eigenvalue weighted by Gasteiger charge is 2.13. The number of pyridine rings is 1. The van der Waals surface area contributed by atoms with Gasteiger partial charge in [0, 0.05) is 18.3 Å². The van der Waals surface area contributed by atoms with E-state index in [2.05, 4.69) is 15.6 Å². The Labute approximate surface area is 160 Å². The summed E-state index contributed by atoms with van der Waals surface area (Å²) in [6.07, 6.45) is 1.66. The second kappa shape index (κ2) is 8.85. The van der Waals surface area contributed by atoms with Gasteiger partial charge in [-0.2, -0.15) is 0 Å². The summed E-state index contributed by atoms with van der Waals surface area (Å²) in [6.45, 7) is 0.235. The molecule has 0 unspecified atom stereocenters. The Morgan fingerprint density at radius 1 is 0.893 bits per heavy atom. The Bertz CT molecular complexity index is 1010. The molecule has 142 valence electrons. The molecule has 3 aromatic rings. The highest BCUT2D eigenvalue weighted by molar-refractivity contribution is 6.04. The van der Waals surface area contributed by atoms with Gasteiger partial charge in [-0.15, -0.1) is 0 Å². The van der Waals surface area contributed by atoms with Crippen LogP contribution in [0.1, 0.15) is 26.4 Å². The van der Waals surface area contributed by atoms with Gasteiger partial charge in [-0.25, -0.2) is 8.78 Å². The zero-order valence-corrected chi connectivity index (χ0v) is 14.8. The van der Waals surface area contributed by atoms with E-state index < -0.39 is 17.6 Å². The number of para-hydroxylation sites is 1. The van der Waals surface area contributed by atoms with Crippen molar-refractivity contribution in [2.45, 2.75) is 6.42 Å². The van der Waals surface area contributed by atoms with E-state index in [0.717, 1.165) is 0 Å². The summed E-state index contributed by atoms with van der Waals surface area (Å²) in [5, 5.41) is 5.09. The fourth-order valence-corrected chi connectivity index (χ4v) is 2.56. The summed E-state index contributed by atoms with van der Waals surface area (Å²) < 4.78 is 27.2. The van der Waals surface area contributed by atoms with Crippen LogP contribution in [0.25, 0.3) is 0 Å². The molecule has 0 radical (unpaired) electrons. The fraction of sp³-hybridized carbons (Fsp3) is 0.0952. The third-order valence-corrected chi connectivity index (χ3v) is 4.01. The van der Waals surface area contributed by atoms with Crippen molar-refractivity contribution in [1.29, 1.82) is 0 Å². The van der Waals surface area contributed by atoms with Crippen LogP contribution in [-0.2, 0) is 6.42 Å². The highest BCUT2D eigenvalue weighted by Crippen LogP contribution is 2.14. The second-order valence-corrected chi connectivity index (χ2v) is 5.96. The normalized spacial score (nSPS) is 10.4. The number of benzene rings is 2. The Morgan fingerprint density at radius 2 is 1.61 bits per heavy atom. The van der Waals surface area contributed by atoms with Crippen LogP contribution in [0.2, 0.25) is 0 Å². The average Bonchev–Trinajstić information content (AvgIpc) is 2.71. The molecule has 0 aliphatic rings. The molecule has 2 aromatic carbocycles. The number of rotatable bonds is 6. The molecule has 0 bridgehead atoms. The largest absolute Gasteiger partial charge is 0.352 e. The zero-order valence-electron chi connectivity index (χ0n) is 14.8. The van der Waals surface area contributed by atoms with E-state index in [-0.39, 0.29) is 29.3 Å². The molecule has 1 aromatic heterocycles. The quantitative estimate of drug-likeness (QED) is 0.686. The minimum atomic E-state index is -0.633. The molecule has 7 heteroatoms. The molecule has 3 rings (SSSR count). The molecule has 0 aliphatic heterocycles. The topological polar surface area (TPSA) is 71.1 Å². The molecule has 0 atom stereocenters. The van der Waals surface area contributed by atoms with Crippen molar-refractivity contribution < 1.29 is 18.4 Å². The maximum atomic E-state index is 13.7. The fourth-order valence-electron chi connectivity index (χ4n) is 2.56. The average molecular weight is 381 g/mol. The van der Waals surface area contributed by atoms with E-state index in [1.165, 1.54) is 42.6 Å². The number of hydrogen-bond donors (Lipinski definition) is 2. The minimum absolute atomic E-state index is 0.0223. The molecule has 0 saturated carbocycles. The van der Waals surface area contributed by atoms with Crippen LogP contribution >= 0.6 is 0 Å². The van der Waals surface area contributed by atoms with E-state index in [1.807, 2.05) is 0 Å². The summed E-state index contributed by atoms with van der Waals surface area (Å²) in [5.74, 6) is -1.95. The van der Waals surface area contributed by atoms with Gasteiger partial charge in [-0.3, -0.25) is 14.6 Å². The maximum Gasteiger partial charge on any atom is 0.274 e. The van der Waals surface area contributed by atoms with Crippen LogP contribution < -0.4 is 10.6 Å². The maximum absolute atomic E-state index is 13.7. The summed E-state index contributed by atoms with van der Waals surface area (Å²) in [4.78, 5) is 28.5. The summed E-state index contributed by atoms with van der Waals surface area (Å²) in [6, 6.07) is 14.9. The Balaban J connectivity index is 1.62. The predicted molar refractivity (Wildman–Crippen MR) is 101 cm³/mol. The third kappa shape index (κ3) is 4.76. The number of aromatic nitrogens is 1. The number of anilines is 1. The van der Waals surface area contributed by atoms with E-state index >= 15 is 0 Å². The molecular weight excluding hydrogens is 364 g/mol. The first-order chi connectivity index (χ1) is 13.5. The van der Waals surface area contributed by atoms with Gasteiger partial charge >= 0.3 is 0 Å². The van der Waals surface area contributed by atoms with Crippen molar-refractivity contribution in [3.63, 3.8) is 0 Å². The predicted octanol–water partition coefficient (Wildman–Crippen LogP) is 3.58. The number of halogens is 2. The van der Waals surface area contributed by atoms with E-state index in [1.54, 1.807) is 24.3 Å². The van der Waals surface area contributed by atoms with Crippen molar-refractivity contribution >= 4 is 17.5 Å². The van der Waals surface area contributed by atoms with E-state index in [9.17, 15) is 18.4 Å². The molecule has 1 heterocycles. The van der Waals surface area contributed by atoms with Gasteiger partial charge in [-0.05, 0) is 42.3 Å². The number of amides is 2. The summed E-state index contributed by atoms with van der Waals surface area (Å²) in [5.41, 5.74) is 0.726. The Morgan fingerprint density at radius 3 is 2.36 bits per heavy atom. The lowest BCUT2D eigenvalue weighted by Crippen LogP contribution is -2.26. The number of carbonyl (C=O) groups is 2. The lowest BCUT2D eigenvalue weighted by molar-refractivity contribution is 0.0954. The summed E-state index contributed by atoms with van der Waals surface area (Å²) in [7, 11) is 0. The molecule has 2 amide bonds. The summed E-state index contributed by atoms with van der Waals surface area (Å²) >= 11 is 0. The standard InChI is InChI=1S/C21H17F2N3O2/c22-16-6-2-1-5-14(16)9-12-25-20(27)15-10-11-24-19(13-15)21(28)26-18-8-4-3-7-17(18)23/h1-8,10-11,13H,9,12H2,(H,25,27)(H,26,28). The Hall–Kier alpha value is -3.61. The van der Waals surface area contributed by atoms with Gasteiger partial charge in [0.1, 0.15) is 17.3 Å². The number of carbonyl (C=O) groups excluding carboxylic acids is 2. The Kier molecular flexibility index (Phi) is 6.06. The van der Waals surface area contributed by atoms with Gasteiger partial charge in [0.25, 0.3) is 11.8 Å². The van der Waals surface area contributed by atoms with Crippen LogP contribution in [-0.4, -0.2) is 23.3 Å². The smallest absolute Gasteiger partial charge is 0.274 e. The first kappa shape index (κ1) is 19.2. The second-order valence-electron chi connectivity index (χ2n) is 5.96. The van der Waals surface area contributed by atoms with Crippen LogP contribution in [0.3, 0.4) is 0 Å². The van der Waals surface area contributed by atoms with Crippen LogP contribution in [0.5, 0.6) is 0 Å². The van der Waals surface area contributed by atoms with Gasteiger partial charge in [0.2, 0.25) is 0 Å². The van der Waals surface area contributed by atoms with Gasteiger partial charge < -0.3 is 10.6 Å². The molecular formula is C21H17F2N3O2. The lowest BCUT2D eigenvalue weighted by Gasteiger charge is -2.08. The van der Waals surface area contributed by atoms with Crippen LogP contribution in [0, 0.1) is 11.6 Å². The van der Waals surface area contributed by atoms with E-state index in [4.69, 9.17) is 0 Å². The van der Waals surface area contributed by atoms with Crippen molar-refractivity contribution in [3.05, 3.63) is 95.3 Å². The highest BCUT2D eigenvalue weighted by atomic mass is 19.1. The van der Waals surface area contributed by atoms with Crippen LogP contribution in [0.4, 0.5) is 14.5 Å². The van der Waals surface area contributed by atoms with Crippen LogP contribution in [0.15, 0.2) is 66.9 Å². The molecule has 5 nitrogen and oxygen atoms in total. The molecule has 28 heavy (non-hydrogen) atoms. The minimum Gasteiger partial charge on any atom is -0.352 e. The van der Waals surface area contributed by atoms with Crippen molar-refractivity contribution in [1.82, 2.24) is 10.3 Å². The third-order valence-electron chi connectivity index (χ3n) is 4.01. The molecule has 0 fully saturated rings. The number of nitrogens with one attached hydrogen (secondary N) is 2. The van der Waals surface area contributed by atoms with Crippen molar-refractivity contribution in [3.8, 4) is 0 Å². The number of nitrogens with zero attached hydrogens (tertiary/aromatic N) is 1. The van der Waals surface area contributed by atoms with E-state index in [0.29, 0.717) is 12.0 Å². The molecule has 2 N–H and O–H groups in total. The van der Waals surface area contributed by atoms with Gasteiger partial charge in [0.05, 0.1) is 5.69 Å². The lowest BCUT2D eigenvalue weighted by atomic mass is 10.1. The molecule has 0 aliphatic carbocycles. The number of hydrogen-bond acceptors (Lipinski definition) is 3. The van der Waals surface area contributed by atoms with Gasteiger partial charge in [0.15, 0.2) is 0 Å². The first-order valence-electron chi connectivity index (χ1n) is 8.58. The van der Waals surface area contributed by atoms with Gasteiger partial charge in [-0.1, -0.05) is 30.3 Å². The first-order valence-corrected chi connectivity index (χ1v) is 8.58. The molecule has 0 spiro atoms. The SMILES string of the molecule is O=C(NCCc1ccccc1F)c1ccnc(C(=O)Nc2ccccc2F)c1. The van der Waals surface area contributed by atoms with Crippen molar-refractivity contribution in [2.75, 3.05) is 11.9 Å². The zero-order chi connectivity index (χ0) is 19.9. The molecule has 0 saturated heterocycles. The monoisotopic (exact) mass is 381 g/mol.